The summed E-state index contributed by atoms with van der Waals surface area (Å²) < 4.78 is 5.17. The maximum atomic E-state index is 11.5. The SMILES string of the molecule is CC(C)(C)OC(=O)NCc1cccc(C=CCC=O)c1. The quantitative estimate of drug-likeness (QED) is 0.839. The van der Waals surface area contributed by atoms with E-state index >= 15 is 0 Å². The fourth-order valence-electron chi connectivity index (χ4n) is 1.55. The number of rotatable bonds is 5. The first-order valence-electron chi connectivity index (χ1n) is 6.57. The topological polar surface area (TPSA) is 55.4 Å². The van der Waals surface area contributed by atoms with Crippen LogP contribution in [0.2, 0.25) is 0 Å². The second-order valence-corrected chi connectivity index (χ2v) is 5.41. The molecule has 0 aliphatic carbocycles. The molecule has 1 rings (SSSR count). The molecule has 0 saturated carbocycles. The van der Waals surface area contributed by atoms with E-state index in [1.807, 2.05) is 51.1 Å². The minimum absolute atomic E-state index is 0.403. The monoisotopic (exact) mass is 275 g/mol. The van der Waals surface area contributed by atoms with Crippen molar-refractivity contribution in [2.24, 2.45) is 0 Å². The van der Waals surface area contributed by atoms with Gasteiger partial charge in [0.15, 0.2) is 0 Å². The molecule has 1 amide bonds. The Labute approximate surface area is 119 Å². The van der Waals surface area contributed by atoms with Crippen LogP contribution in [-0.2, 0) is 16.1 Å². The lowest BCUT2D eigenvalue weighted by atomic mass is 10.1. The number of allylic oxidation sites excluding steroid dienone is 1. The fraction of sp³-hybridized carbons (Fsp3) is 0.375. The Bertz CT molecular complexity index is 487. The van der Waals surface area contributed by atoms with Gasteiger partial charge >= 0.3 is 6.09 Å². The maximum Gasteiger partial charge on any atom is 0.407 e. The van der Waals surface area contributed by atoms with Crippen molar-refractivity contribution in [1.29, 1.82) is 0 Å². The molecule has 0 fully saturated rings. The number of ether oxygens (including phenoxy) is 1. The Morgan fingerprint density at radius 1 is 1.35 bits per heavy atom. The van der Waals surface area contributed by atoms with Crippen LogP contribution in [0.15, 0.2) is 30.3 Å². The number of aldehydes is 1. The van der Waals surface area contributed by atoms with Crippen LogP contribution >= 0.6 is 0 Å². The molecule has 0 atom stereocenters. The van der Waals surface area contributed by atoms with Crippen LogP contribution < -0.4 is 5.32 Å². The summed E-state index contributed by atoms with van der Waals surface area (Å²) in [6, 6.07) is 7.73. The summed E-state index contributed by atoms with van der Waals surface area (Å²) in [5.74, 6) is 0. The third-order valence-corrected chi connectivity index (χ3v) is 2.33. The molecule has 0 unspecified atom stereocenters. The summed E-state index contributed by atoms with van der Waals surface area (Å²) in [5.41, 5.74) is 1.48. The Morgan fingerprint density at radius 3 is 2.75 bits per heavy atom. The van der Waals surface area contributed by atoms with Gasteiger partial charge < -0.3 is 14.8 Å². The number of hydrogen-bond donors (Lipinski definition) is 1. The van der Waals surface area contributed by atoms with E-state index in [1.54, 1.807) is 6.08 Å². The Kier molecular flexibility index (Phi) is 5.97. The van der Waals surface area contributed by atoms with Gasteiger partial charge in [-0.25, -0.2) is 4.79 Å². The molecule has 108 valence electrons. The second-order valence-electron chi connectivity index (χ2n) is 5.41. The smallest absolute Gasteiger partial charge is 0.407 e. The number of alkyl carbamates (subject to hydrolysis) is 1. The van der Waals surface area contributed by atoms with Gasteiger partial charge in [0.05, 0.1) is 0 Å². The molecule has 1 aromatic carbocycles. The molecule has 1 N–H and O–H groups in total. The fourth-order valence-corrected chi connectivity index (χ4v) is 1.55. The standard InChI is InChI=1S/C16H21NO3/c1-16(2,3)20-15(19)17-12-14-9-6-8-13(11-14)7-4-5-10-18/h4,6-11H,5,12H2,1-3H3,(H,17,19). The van der Waals surface area contributed by atoms with Gasteiger partial charge in [-0.1, -0.05) is 30.4 Å². The lowest BCUT2D eigenvalue weighted by Gasteiger charge is -2.19. The van der Waals surface area contributed by atoms with Crippen molar-refractivity contribution in [3.05, 3.63) is 41.5 Å². The van der Waals surface area contributed by atoms with Crippen molar-refractivity contribution >= 4 is 18.5 Å². The molecule has 4 nitrogen and oxygen atoms in total. The number of benzene rings is 1. The Hall–Kier alpha value is -2.10. The van der Waals surface area contributed by atoms with E-state index in [9.17, 15) is 9.59 Å². The van der Waals surface area contributed by atoms with Gasteiger partial charge in [0, 0.05) is 13.0 Å². The average Bonchev–Trinajstić information content (AvgIpc) is 2.35. The third-order valence-electron chi connectivity index (χ3n) is 2.33. The van der Waals surface area contributed by atoms with Gasteiger partial charge in [-0.2, -0.15) is 0 Å². The van der Waals surface area contributed by atoms with Crippen LogP contribution in [0.3, 0.4) is 0 Å². The molecule has 4 heteroatoms. The molecule has 0 aromatic heterocycles. The van der Waals surface area contributed by atoms with E-state index in [0.717, 1.165) is 17.4 Å². The first kappa shape index (κ1) is 16.0. The molecule has 0 radical (unpaired) electrons. The van der Waals surface area contributed by atoms with E-state index < -0.39 is 11.7 Å². The number of carbonyl (C=O) groups is 2. The van der Waals surface area contributed by atoms with Crippen molar-refractivity contribution in [2.45, 2.75) is 39.3 Å². The highest BCUT2D eigenvalue weighted by atomic mass is 16.6. The lowest BCUT2D eigenvalue weighted by molar-refractivity contribution is -0.107. The van der Waals surface area contributed by atoms with Crippen LogP contribution in [0.1, 0.15) is 38.3 Å². The molecule has 20 heavy (non-hydrogen) atoms. The summed E-state index contributed by atoms with van der Waals surface area (Å²) in [7, 11) is 0. The average molecular weight is 275 g/mol. The normalized spacial score (nSPS) is 11.3. The highest BCUT2D eigenvalue weighted by molar-refractivity contribution is 5.67. The second kappa shape index (κ2) is 7.48. The molecule has 0 aliphatic heterocycles. The van der Waals surface area contributed by atoms with Crippen molar-refractivity contribution in [3.63, 3.8) is 0 Å². The van der Waals surface area contributed by atoms with Gasteiger partial charge in [0.1, 0.15) is 11.9 Å². The first-order chi connectivity index (χ1) is 9.40. The molecule has 0 aliphatic rings. The third kappa shape index (κ3) is 6.73. The van der Waals surface area contributed by atoms with Crippen LogP contribution in [0, 0.1) is 0 Å². The van der Waals surface area contributed by atoms with Crippen LogP contribution in [-0.4, -0.2) is 18.0 Å². The van der Waals surface area contributed by atoms with Gasteiger partial charge in [-0.05, 0) is 38.0 Å². The lowest BCUT2D eigenvalue weighted by Crippen LogP contribution is -2.32. The molecule has 0 heterocycles. The molecule has 1 aromatic rings. The van der Waals surface area contributed by atoms with Crippen molar-refractivity contribution < 1.29 is 14.3 Å². The van der Waals surface area contributed by atoms with Crippen molar-refractivity contribution in [2.75, 3.05) is 0 Å². The largest absolute Gasteiger partial charge is 0.444 e. The minimum Gasteiger partial charge on any atom is -0.444 e. The summed E-state index contributed by atoms with van der Waals surface area (Å²) >= 11 is 0. The number of amides is 1. The van der Waals surface area contributed by atoms with E-state index in [-0.39, 0.29) is 0 Å². The number of carbonyl (C=O) groups excluding carboxylic acids is 2. The van der Waals surface area contributed by atoms with Crippen LogP contribution in [0.5, 0.6) is 0 Å². The number of hydrogen-bond acceptors (Lipinski definition) is 3. The molecular formula is C16H21NO3. The van der Waals surface area contributed by atoms with Gasteiger partial charge in [-0.15, -0.1) is 0 Å². The molecular weight excluding hydrogens is 254 g/mol. The predicted molar refractivity (Wildman–Crippen MR) is 79.2 cm³/mol. The van der Waals surface area contributed by atoms with Gasteiger partial charge in [0.25, 0.3) is 0 Å². The predicted octanol–water partition coefficient (Wildman–Crippen LogP) is 3.31. The zero-order valence-corrected chi connectivity index (χ0v) is 12.2. The first-order valence-corrected chi connectivity index (χ1v) is 6.57. The molecule has 0 saturated heterocycles. The zero-order chi connectivity index (χ0) is 15.0. The minimum atomic E-state index is -0.497. The van der Waals surface area contributed by atoms with Crippen molar-refractivity contribution in [3.8, 4) is 0 Å². The van der Waals surface area contributed by atoms with Crippen LogP contribution in [0.25, 0.3) is 6.08 Å². The van der Waals surface area contributed by atoms with E-state index in [1.165, 1.54) is 0 Å². The maximum absolute atomic E-state index is 11.5. The summed E-state index contributed by atoms with van der Waals surface area (Å²) in [5, 5.41) is 2.71. The molecule has 0 bridgehead atoms. The Morgan fingerprint density at radius 2 is 2.10 bits per heavy atom. The summed E-state index contributed by atoms with van der Waals surface area (Å²) in [6.07, 6.45) is 4.50. The summed E-state index contributed by atoms with van der Waals surface area (Å²) in [4.78, 5) is 21.8. The van der Waals surface area contributed by atoms with Gasteiger partial charge in [-0.3, -0.25) is 0 Å². The summed E-state index contributed by atoms with van der Waals surface area (Å²) in [6.45, 7) is 5.88. The Balaban J connectivity index is 2.54. The molecule has 0 spiro atoms. The highest BCUT2D eigenvalue weighted by Gasteiger charge is 2.15. The van der Waals surface area contributed by atoms with E-state index in [4.69, 9.17) is 4.74 Å². The van der Waals surface area contributed by atoms with E-state index in [2.05, 4.69) is 5.32 Å². The zero-order valence-electron chi connectivity index (χ0n) is 12.2. The van der Waals surface area contributed by atoms with Crippen molar-refractivity contribution in [1.82, 2.24) is 5.32 Å². The number of nitrogens with one attached hydrogen (secondary N) is 1. The van der Waals surface area contributed by atoms with Crippen LogP contribution in [0.4, 0.5) is 4.79 Å². The van der Waals surface area contributed by atoms with E-state index in [0.29, 0.717) is 13.0 Å². The highest BCUT2D eigenvalue weighted by Crippen LogP contribution is 2.09. The van der Waals surface area contributed by atoms with Gasteiger partial charge in [0.2, 0.25) is 0 Å².